The first kappa shape index (κ1) is 24.2. The van der Waals surface area contributed by atoms with Crippen molar-refractivity contribution in [3.05, 3.63) is 50.8 Å². The number of hydrogen-bond acceptors (Lipinski definition) is 6. The fourth-order valence-electron chi connectivity index (χ4n) is 5.70. The van der Waals surface area contributed by atoms with Gasteiger partial charge in [-0.3, -0.25) is 19.1 Å². The van der Waals surface area contributed by atoms with Gasteiger partial charge in [-0.15, -0.1) is 11.3 Å². The third kappa shape index (κ3) is 4.56. The molecule has 0 atom stereocenters. The SMILES string of the molecule is O=C(c1ccc2c(c1)[nH]c(=O)n2C1CCC(F)(F)CC1)N1CC(N2CCN(C(=O)c3nccs3)CC2)C1. The van der Waals surface area contributed by atoms with Crippen molar-refractivity contribution in [3.63, 3.8) is 0 Å². The molecular formula is C25H28F2N6O3S. The van der Waals surface area contributed by atoms with Crippen LogP contribution in [0, 0.1) is 0 Å². The number of fused-ring (bicyclic) bond motifs is 1. The third-order valence-corrected chi connectivity index (χ3v) is 8.66. The van der Waals surface area contributed by atoms with Crippen molar-refractivity contribution in [2.75, 3.05) is 39.3 Å². The van der Waals surface area contributed by atoms with Crippen LogP contribution in [0.5, 0.6) is 0 Å². The number of halogens is 2. The van der Waals surface area contributed by atoms with Crippen LogP contribution in [0.2, 0.25) is 0 Å². The molecule has 1 aliphatic carbocycles. The van der Waals surface area contributed by atoms with E-state index in [1.54, 1.807) is 39.2 Å². The van der Waals surface area contributed by atoms with Crippen LogP contribution in [0.15, 0.2) is 34.6 Å². The predicted octanol–water partition coefficient (Wildman–Crippen LogP) is 2.82. The molecule has 3 aromatic rings. The second-order valence-corrected chi connectivity index (χ2v) is 11.0. The van der Waals surface area contributed by atoms with Crippen LogP contribution < -0.4 is 5.69 Å². The van der Waals surface area contributed by atoms with E-state index in [2.05, 4.69) is 14.9 Å². The van der Waals surface area contributed by atoms with Crippen molar-refractivity contribution in [3.8, 4) is 0 Å². The number of alkyl halides is 2. The number of imidazole rings is 1. The summed E-state index contributed by atoms with van der Waals surface area (Å²) >= 11 is 1.35. The number of nitrogens with zero attached hydrogens (tertiary/aromatic N) is 5. The summed E-state index contributed by atoms with van der Waals surface area (Å²) in [5, 5.41) is 2.32. The number of hydrogen-bond donors (Lipinski definition) is 1. The van der Waals surface area contributed by atoms with E-state index in [1.807, 2.05) is 4.90 Å². The van der Waals surface area contributed by atoms with E-state index in [9.17, 15) is 23.2 Å². The molecule has 0 spiro atoms. The van der Waals surface area contributed by atoms with Crippen molar-refractivity contribution < 1.29 is 18.4 Å². The fourth-order valence-corrected chi connectivity index (χ4v) is 6.30. The normalized spacial score (nSPS) is 21.4. The molecule has 0 unspecified atom stereocenters. The lowest BCUT2D eigenvalue weighted by Gasteiger charge is -2.48. The Labute approximate surface area is 215 Å². The number of amides is 2. The second-order valence-electron chi connectivity index (χ2n) is 10.1. The van der Waals surface area contributed by atoms with Gasteiger partial charge in [0.2, 0.25) is 5.92 Å². The van der Waals surface area contributed by atoms with E-state index in [-0.39, 0.29) is 55.3 Å². The minimum absolute atomic E-state index is 0.0243. The van der Waals surface area contributed by atoms with E-state index in [0.29, 0.717) is 47.8 Å². The minimum atomic E-state index is -2.66. The molecule has 2 aromatic heterocycles. The van der Waals surface area contributed by atoms with Crippen molar-refractivity contribution in [2.24, 2.45) is 0 Å². The largest absolute Gasteiger partial charge is 0.335 e. The molecule has 4 heterocycles. The molecule has 3 fully saturated rings. The highest BCUT2D eigenvalue weighted by Crippen LogP contribution is 2.38. The Bertz CT molecular complexity index is 1360. The first-order valence-corrected chi connectivity index (χ1v) is 13.5. The number of nitrogens with one attached hydrogen (secondary N) is 1. The topological polar surface area (TPSA) is 94.5 Å². The average molecular weight is 531 g/mol. The number of aromatic amines is 1. The molecule has 0 radical (unpaired) electrons. The smallest absolute Gasteiger partial charge is 0.326 e. The highest BCUT2D eigenvalue weighted by molar-refractivity contribution is 7.11. The van der Waals surface area contributed by atoms with Crippen molar-refractivity contribution in [1.82, 2.24) is 29.2 Å². The Morgan fingerprint density at radius 3 is 2.41 bits per heavy atom. The Morgan fingerprint density at radius 2 is 1.73 bits per heavy atom. The van der Waals surface area contributed by atoms with Gasteiger partial charge in [0, 0.05) is 81.3 Å². The van der Waals surface area contributed by atoms with Gasteiger partial charge in [-0.2, -0.15) is 0 Å². The standard InChI is InChI=1S/C25H28F2N6O3S/c26-25(27)5-3-17(4-6-25)33-20-2-1-16(13-19(20)29-24(33)36)22(34)32-14-18(15-32)30-8-10-31(11-9-30)23(35)21-28-7-12-37-21/h1-2,7,12-13,17-18H,3-6,8-11,14-15H2,(H,29,36). The number of aromatic nitrogens is 3. The summed E-state index contributed by atoms with van der Waals surface area (Å²) in [5.41, 5.74) is 1.36. The van der Waals surface area contributed by atoms with Crippen LogP contribution in [-0.2, 0) is 0 Å². The van der Waals surface area contributed by atoms with Gasteiger partial charge in [0.05, 0.1) is 11.0 Å². The molecule has 2 amide bonds. The molecule has 0 bridgehead atoms. The molecule has 2 aliphatic heterocycles. The number of likely N-dealkylation sites (tertiary alicyclic amines) is 1. The van der Waals surface area contributed by atoms with Gasteiger partial charge in [-0.1, -0.05) is 0 Å². The van der Waals surface area contributed by atoms with Crippen molar-refractivity contribution >= 4 is 34.2 Å². The molecule has 3 aliphatic rings. The number of carbonyl (C=O) groups is 2. The van der Waals surface area contributed by atoms with E-state index in [1.165, 1.54) is 11.3 Å². The maximum Gasteiger partial charge on any atom is 0.326 e. The number of carbonyl (C=O) groups excluding carboxylic acids is 2. The number of H-pyrrole nitrogens is 1. The molecule has 196 valence electrons. The summed E-state index contributed by atoms with van der Waals surface area (Å²) in [6.45, 7) is 4.04. The fraction of sp³-hybridized carbons (Fsp3) is 0.520. The first-order valence-electron chi connectivity index (χ1n) is 12.6. The number of benzene rings is 1. The number of rotatable bonds is 4. The Morgan fingerprint density at radius 1 is 1.00 bits per heavy atom. The lowest BCUT2D eigenvalue weighted by atomic mass is 9.92. The molecule has 9 nitrogen and oxygen atoms in total. The summed E-state index contributed by atoms with van der Waals surface area (Å²) in [4.78, 5) is 51.1. The van der Waals surface area contributed by atoms with Crippen LogP contribution in [0.4, 0.5) is 8.78 Å². The van der Waals surface area contributed by atoms with E-state index in [4.69, 9.17) is 0 Å². The summed E-state index contributed by atoms with van der Waals surface area (Å²) in [6, 6.07) is 5.13. The predicted molar refractivity (Wildman–Crippen MR) is 134 cm³/mol. The van der Waals surface area contributed by atoms with Gasteiger partial charge >= 0.3 is 5.69 Å². The Kier molecular flexibility index (Phi) is 6.10. The zero-order chi connectivity index (χ0) is 25.7. The molecule has 1 N–H and O–H groups in total. The number of piperazine rings is 1. The second kappa shape index (κ2) is 9.32. The lowest BCUT2D eigenvalue weighted by molar-refractivity contribution is -0.0438. The first-order chi connectivity index (χ1) is 17.8. The van der Waals surface area contributed by atoms with Gasteiger partial charge in [-0.05, 0) is 31.0 Å². The van der Waals surface area contributed by atoms with E-state index >= 15 is 0 Å². The quantitative estimate of drug-likeness (QED) is 0.560. The minimum Gasteiger partial charge on any atom is -0.335 e. The molecule has 2 saturated heterocycles. The van der Waals surface area contributed by atoms with Crippen LogP contribution in [0.1, 0.15) is 51.9 Å². The molecule has 6 rings (SSSR count). The maximum atomic E-state index is 13.6. The molecule has 12 heteroatoms. The maximum absolute atomic E-state index is 13.6. The van der Waals surface area contributed by atoms with Gasteiger partial charge in [0.15, 0.2) is 5.01 Å². The molecule has 37 heavy (non-hydrogen) atoms. The van der Waals surface area contributed by atoms with Crippen LogP contribution >= 0.6 is 11.3 Å². The Balaban J connectivity index is 1.06. The summed E-state index contributed by atoms with van der Waals surface area (Å²) < 4.78 is 28.7. The average Bonchev–Trinajstić information content (AvgIpc) is 3.50. The van der Waals surface area contributed by atoms with Crippen LogP contribution in [0.3, 0.4) is 0 Å². The highest BCUT2D eigenvalue weighted by Gasteiger charge is 2.38. The highest BCUT2D eigenvalue weighted by atomic mass is 32.1. The summed E-state index contributed by atoms with van der Waals surface area (Å²) in [5.74, 6) is -2.78. The number of thiazole rings is 1. The van der Waals surface area contributed by atoms with Gasteiger partial charge in [0.1, 0.15) is 0 Å². The summed E-state index contributed by atoms with van der Waals surface area (Å²) in [6.07, 6.45) is 1.70. The zero-order valence-electron chi connectivity index (χ0n) is 20.2. The van der Waals surface area contributed by atoms with Crippen molar-refractivity contribution in [1.29, 1.82) is 0 Å². The Hall–Kier alpha value is -3.12. The molecule has 1 saturated carbocycles. The summed E-state index contributed by atoms with van der Waals surface area (Å²) in [7, 11) is 0. The van der Waals surface area contributed by atoms with Crippen LogP contribution in [0.25, 0.3) is 11.0 Å². The van der Waals surface area contributed by atoms with E-state index in [0.717, 1.165) is 13.1 Å². The van der Waals surface area contributed by atoms with Crippen LogP contribution in [-0.4, -0.2) is 92.3 Å². The van der Waals surface area contributed by atoms with Gasteiger partial charge in [0.25, 0.3) is 11.8 Å². The van der Waals surface area contributed by atoms with Crippen molar-refractivity contribution in [2.45, 2.75) is 43.7 Å². The zero-order valence-corrected chi connectivity index (χ0v) is 21.1. The molecule has 1 aromatic carbocycles. The third-order valence-electron chi connectivity index (χ3n) is 7.90. The molecular weight excluding hydrogens is 502 g/mol. The monoisotopic (exact) mass is 530 g/mol. The van der Waals surface area contributed by atoms with Gasteiger partial charge in [-0.25, -0.2) is 18.6 Å². The van der Waals surface area contributed by atoms with Gasteiger partial charge < -0.3 is 14.8 Å². The van der Waals surface area contributed by atoms with E-state index < -0.39 is 5.92 Å². The lowest BCUT2D eigenvalue weighted by Crippen LogP contribution is -2.64.